The van der Waals surface area contributed by atoms with E-state index >= 15 is 0 Å². The molecule has 5 rings (SSSR count). The predicted octanol–water partition coefficient (Wildman–Crippen LogP) is 1.45. The van der Waals surface area contributed by atoms with E-state index in [0.29, 0.717) is 13.2 Å². The molecule has 0 bridgehead atoms. The molecule has 3 heterocycles. The van der Waals surface area contributed by atoms with Gasteiger partial charge in [0.15, 0.2) is 0 Å². The topological polar surface area (TPSA) is 81.9 Å². The average Bonchev–Trinajstić information content (AvgIpc) is 3.30. The molecule has 0 radical (unpaired) electrons. The lowest BCUT2D eigenvalue weighted by Crippen LogP contribution is -2.38. The van der Waals surface area contributed by atoms with Crippen molar-refractivity contribution >= 4 is 5.82 Å². The largest absolute Gasteiger partial charge is 0.377 e. The summed E-state index contributed by atoms with van der Waals surface area (Å²) in [6.07, 6.45) is 7.44. The maximum Gasteiger partial charge on any atom is 0.267 e. The van der Waals surface area contributed by atoms with Crippen molar-refractivity contribution < 1.29 is 4.74 Å². The fourth-order valence-electron chi connectivity index (χ4n) is 4.33. The van der Waals surface area contributed by atoms with E-state index in [1.165, 1.54) is 5.56 Å². The van der Waals surface area contributed by atoms with Crippen LogP contribution in [0.25, 0.3) is 0 Å². The van der Waals surface area contributed by atoms with E-state index < -0.39 is 0 Å². The van der Waals surface area contributed by atoms with Gasteiger partial charge in [0.25, 0.3) is 5.56 Å². The number of hydrogen-bond donors (Lipinski definition) is 1. The molecule has 1 fully saturated rings. The van der Waals surface area contributed by atoms with E-state index in [0.717, 1.165) is 67.7 Å². The number of anilines is 1. The molecule has 2 unspecified atom stereocenters. The van der Waals surface area contributed by atoms with Gasteiger partial charge in [0.2, 0.25) is 0 Å². The first kappa shape index (κ1) is 15.9. The average molecular weight is 353 g/mol. The first-order chi connectivity index (χ1) is 12.8. The Kier molecular flexibility index (Phi) is 3.96. The number of aromatic nitrogens is 4. The number of fused-ring (bicyclic) bond motifs is 2. The Balaban J connectivity index is 1.41. The standard InChI is InChI=1S/C19H23N5O2/c25-19-9-13-4-1-2-6-15(13)23-24(19)17-11-26-10-16(17)20-18-8-12-5-3-7-14(12)21-22-18/h8-9,16-17H,1-7,10-11H2,(H,20,22). The van der Waals surface area contributed by atoms with Gasteiger partial charge in [-0.3, -0.25) is 4.79 Å². The van der Waals surface area contributed by atoms with Crippen molar-refractivity contribution in [3.63, 3.8) is 0 Å². The van der Waals surface area contributed by atoms with Crippen LogP contribution in [-0.2, 0) is 30.4 Å². The molecular formula is C19H23N5O2. The van der Waals surface area contributed by atoms with Crippen molar-refractivity contribution in [2.24, 2.45) is 0 Å². The van der Waals surface area contributed by atoms with Crippen LogP contribution in [0.4, 0.5) is 5.82 Å². The van der Waals surface area contributed by atoms with Crippen molar-refractivity contribution in [3.05, 3.63) is 45.0 Å². The van der Waals surface area contributed by atoms with Gasteiger partial charge < -0.3 is 10.1 Å². The summed E-state index contributed by atoms with van der Waals surface area (Å²) in [5, 5.41) is 16.8. The zero-order valence-electron chi connectivity index (χ0n) is 14.8. The SMILES string of the molecule is O=c1cc2c(nn1C1COCC1Nc1cc3c(nn1)CCC3)CCCC2. The third-order valence-corrected chi connectivity index (χ3v) is 5.75. The van der Waals surface area contributed by atoms with Crippen molar-refractivity contribution in [1.29, 1.82) is 0 Å². The molecule has 7 nitrogen and oxygen atoms in total. The van der Waals surface area contributed by atoms with Crippen LogP contribution < -0.4 is 10.9 Å². The second kappa shape index (κ2) is 6.46. The smallest absolute Gasteiger partial charge is 0.267 e. The van der Waals surface area contributed by atoms with Gasteiger partial charge in [0.1, 0.15) is 11.9 Å². The quantitative estimate of drug-likeness (QED) is 0.899. The van der Waals surface area contributed by atoms with Gasteiger partial charge in [-0.1, -0.05) is 0 Å². The van der Waals surface area contributed by atoms with Crippen molar-refractivity contribution in [2.45, 2.75) is 57.0 Å². The Labute approximate surface area is 151 Å². The second-order valence-corrected chi connectivity index (χ2v) is 7.52. The zero-order valence-corrected chi connectivity index (χ0v) is 14.8. The lowest BCUT2D eigenvalue weighted by Gasteiger charge is -2.23. The summed E-state index contributed by atoms with van der Waals surface area (Å²) in [6.45, 7) is 1.02. The van der Waals surface area contributed by atoms with Gasteiger partial charge in [-0.15, -0.1) is 5.10 Å². The highest BCUT2D eigenvalue weighted by Gasteiger charge is 2.32. The molecule has 2 atom stereocenters. The number of nitrogens with zero attached hydrogens (tertiary/aromatic N) is 4. The minimum absolute atomic E-state index is 0.0319. The van der Waals surface area contributed by atoms with Crippen LogP contribution in [0.15, 0.2) is 16.9 Å². The summed E-state index contributed by atoms with van der Waals surface area (Å²) in [5.74, 6) is 0.761. The number of aryl methyl sites for hydroxylation is 4. The lowest BCUT2D eigenvalue weighted by molar-refractivity contribution is 0.182. The van der Waals surface area contributed by atoms with E-state index in [9.17, 15) is 4.79 Å². The first-order valence-corrected chi connectivity index (χ1v) is 9.59. The Bertz CT molecular complexity index is 894. The molecule has 2 aromatic rings. The van der Waals surface area contributed by atoms with Crippen LogP contribution in [0.5, 0.6) is 0 Å². The van der Waals surface area contributed by atoms with Gasteiger partial charge in [-0.05, 0) is 62.1 Å². The van der Waals surface area contributed by atoms with Gasteiger partial charge in [0, 0.05) is 6.07 Å². The molecule has 2 aromatic heterocycles. The number of ether oxygens (including phenoxy) is 1. The first-order valence-electron chi connectivity index (χ1n) is 9.59. The fraction of sp³-hybridized carbons (Fsp3) is 0.579. The van der Waals surface area contributed by atoms with E-state index in [-0.39, 0.29) is 17.6 Å². The van der Waals surface area contributed by atoms with E-state index in [4.69, 9.17) is 9.84 Å². The number of nitrogens with one attached hydrogen (secondary N) is 1. The van der Waals surface area contributed by atoms with Crippen LogP contribution >= 0.6 is 0 Å². The van der Waals surface area contributed by atoms with Gasteiger partial charge in [-0.2, -0.15) is 10.2 Å². The monoisotopic (exact) mass is 353 g/mol. The highest BCUT2D eigenvalue weighted by Crippen LogP contribution is 2.25. The predicted molar refractivity (Wildman–Crippen MR) is 96.5 cm³/mol. The highest BCUT2D eigenvalue weighted by molar-refractivity contribution is 5.41. The van der Waals surface area contributed by atoms with Crippen LogP contribution in [0.1, 0.15) is 47.8 Å². The molecule has 1 N–H and O–H groups in total. The molecule has 0 amide bonds. The molecule has 0 spiro atoms. The summed E-state index contributed by atoms with van der Waals surface area (Å²) in [4.78, 5) is 12.6. The van der Waals surface area contributed by atoms with Crippen LogP contribution in [-0.4, -0.2) is 39.2 Å². The summed E-state index contributed by atoms with van der Waals surface area (Å²) in [5.41, 5.74) is 4.54. The van der Waals surface area contributed by atoms with Gasteiger partial charge in [0.05, 0.1) is 30.6 Å². The maximum absolute atomic E-state index is 12.6. The van der Waals surface area contributed by atoms with E-state index in [2.05, 4.69) is 21.6 Å². The van der Waals surface area contributed by atoms with Crippen molar-refractivity contribution in [3.8, 4) is 0 Å². The Morgan fingerprint density at radius 3 is 2.73 bits per heavy atom. The van der Waals surface area contributed by atoms with Crippen molar-refractivity contribution in [2.75, 3.05) is 18.5 Å². The zero-order chi connectivity index (χ0) is 17.5. The van der Waals surface area contributed by atoms with E-state index in [1.807, 2.05) is 0 Å². The minimum atomic E-state index is -0.121. The Morgan fingerprint density at radius 1 is 0.962 bits per heavy atom. The molecule has 0 saturated carbocycles. The lowest BCUT2D eigenvalue weighted by atomic mass is 9.97. The molecule has 1 aliphatic heterocycles. The van der Waals surface area contributed by atoms with Crippen LogP contribution in [0, 0.1) is 0 Å². The molecule has 3 aliphatic rings. The van der Waals surface area contributed by atoms with Crippen LogP contribution in [0.2, 0.25) is 0 Å². The summed E-state index contributed by atoms with van der Waals surface area (Å²) in [6, 6.07) is 3.71. The molecule has 0 aromatic carbocycles. The number of hydrogen-bond acceptors (Lipinski definition) is 6. The molecule has 26 heavy (non-hydrogen) atoms. The summed E-state index contributed by atoms with van der Waals surface area (Å²) >= 11 is 0. The second-order valence-electron chi connectivity index (χ2n) is 7.52. The van der Waals surface area contributed by atoms with E-state index in [1.54, 1.807) is 10.7 Å². The molecule has 7 heteroatoms. The van der Waals surface area contributed by atoms with Gasteiger partial charge >= 0.3 is 0 Å². The highest BCUT2D eigenvalue weighted by atomic mass is 16.5. The molecular weight excluding hydrogens is 330 g/mol. The Hall–Kier alpha value is -2.28. The third-order valence-electron chi connectivity index (χ3n) is 5.75. The third kappa shape index (κ3) is 2.80. The maximum atomic E-state index is 12.6. The minimum Gasteiger partial charge on any atom is -0.377 e. The molecule has 2 aliphatic carbocycles. The Morgan fingerprint density at radius 2 is 1.77 bits per heavy atom. The number of rotatable bonds is 3. The molecule has 136 valence electrons. The fourth-order valence-corrected chi connectivity index (χ4v) is 4.33. The van der Waals surface area contributed by atoms with Crippen LogP contribution in [0.3, 0.4) is 0 Å². The molecule has 1 saturated heterocycles. The summed E-state index contributed by atoms with van der Waals surface area (Å²) < 4.78 is 7.30. The van der Waals surface area contributed by atoms with Crippen molar-refractivity contribution in [1.82, 2.24) is 20.0 Å². The van der Waals surface area contributed by atoms with Gasteiger partial charge in [-0.25, -0.2) is 4.68 Å². The summed E-state index contributed by atoms with van der Waals surface area (Å²) in [7, 11) is 0. The normalized spacial score (nSPS) is 24.3.